The smallest absolute Gasteiger partial charge is 0.307 e. The quantitative estimate of drug-likeness (QED) is 0.382. The normalized spacial score (nSPS) is 11.2. The summed E-state index contributed by atoms with van der Waals surface area (Å²) >= 11 is 0. The second-order valence-corrected chi connectivity index (χ2v) is 6.35. The zero-order valence-corrected chi connectivity index (χ0v) is 16.1. The van der Waals surface area contributed by atoms with Crippen molar-refractivity contribution in [3.05, 3.63) is 72.0 Å². The van der Waals surface area contributed by atoms with Gasteiger partial charge in [0.15, 0.2) is 5.76 Å². The van der Waals surface area contributed by atoms with Gasteiger partial charge in [0.2, 0.25) is 0 Å². The molecule has 0 fully saturated rings. The van der Waals surface area contributed by atoms with Crippen molar-refractivity contribution in [2.45, 2.75) is 6.92 Å². The molecule has 0 unspecified atom stereocenters. The van der Waals surface area contributed by atoms with Gasteiger partial charge in [-0.25, -0.2) is 5.43 Å². The number of rotatable bonds is 6. The number of carbonyl (C=O) groups is 1. The average molecular weight is 388 g/mol. The minimum Gasteiger partial charge on any atom is -0.496 e. The van der Waals surface area contributed by atoms with Crippen molar-refractivity contribution in [3.63, 3.8) is 0 Å². The van der Waals surface area contributed by atoms with E-state index in [-0.39, 0.29) is 5.76 Å². The number of hydrogen-bond donors (Lipinski definition) is 1. The lowest BCUT2D eigenvalue weighted by molar-refractivity contribution is 0.0929. The molecule has 0 aliphatic rings. The van der Waals surface area contributed by atoms with Gasteiger partial charge >= 0.3 is 5.91 Å². The van der Waals surface area contributed by atoms with Gasteiger partial charge in [0, 0.05) is 10.9 Å². The number of nitrogens with zero attached hydrogens (tertiary/aromatic N) is 1. The second-order valence-electron chi connectivity index (χ2n) is 6.35. The molecule has 0 aliphatic heterocycles. The van der Waals surface area contributed by atoms with Crippen LogP contribution in [0.15, 0.2) is 70.2 Å². The van der Waals surface area contributed by atoms with Crippen LogP contribution in [0.1, 0.15) is 23.0 Å². The minimum absolute atomic E-state index is 0.177. The van der Waals surface area contributed by atoms with Gasteiger partial charge in [-0.1, -0.05) is 30.3 Å². The Balaban J connectivity index is 1.56. The lowest BCUT2D eigenvalue weighted by Gasteiger charge is -2.08. The summed E-state index contributed by atoms with van der Waals surface area (Å²) in [6, 6.07) is 18.9. The number of amides is 1. The fourth-order valence-electron chi connectivity index (χ4n) is 3.19. The fourth-order valence-corrected chi connectivity index (χ4v) is 3.19. The van der Waals surface area contributed by atoms with Crippen LogP contribution in [-0.2, 0) is 0 Å². The van der Waals surface area contributed by atoms with Crippen molar-refractivity contribution in [2.75, 3.05) is 13.7 Å². The lowest BCUT2D eigenvalue weighted by atomic mass is 10.0. The Morgan fingerprint density at radius 3 is 2.79 bits per heavy atom. The molecule has 4 aromatic rings. The molecule has 1 N–H and O–H groups in total. The minimum atomic E-state index is -0.436. The van der Waals surface area contributed by atoms with E-state index in [1.807, 2.05) is 55.5 Å². The van der Waals surface area contributed by atoms with Crippen molar-refractivity contribution in [1.29, 1.82) is 0 Å². The summed E-state index contributed by atoms with van der Waals surface area (Å²) in [6.07, 6.45) is 1.58. The van der Waals surface area contributed by atoms with Crippen LogP contribution in [0.4, 0.5) is 0 Å². The Morgan fingerprint density at radius 2 is 1.97 bits per heavy atom. The summed E-state index contributed by atoms with van der Waals surface area (Å²) in [7, 11) is 1.60. The van der Waals surface area contributed by atoms with E-state index < -0.39 is 5.91 Å². The van der Waals surface area contributed by atoms with Crippen LogP contribution < -0.4 is 14.9 Å². The van der Waals surface area contributed by atoms with Crippen LogP contribution in [0, 0.1) is 0 Å². The van der Waals surface area contributed by atoms with E-state index in [1.165, 1.54) is 0 Å². The molecule has 0 saturated carbocycles. The van der Waals surface area contributed by atoms with Crippen LogP contribution in [0.5, 0.6) is 11.5 Å². The standard InChI is InChI=1S/C23H20N2O4/c1-3-28-17-9-11-20-16(12-17)13-22(29-20)23(26)25-24-14-19-18-7-5-4-6-15(18)8-10-21(19)27-2/h4-14H,3H2,1-2H3,(H,25,26)/b24-14-. The maximum Gasteiger partial charge on any atom is 0.307 e. The molecule has 0 spiro atoms. The number of carbonyl (C=O) groups excluding carboxylic acids is 1. The number of nitrogens with one attached hydrogen (secondary N) is 1. The van der Waals surface area contributed by atoms with Crippen LogP contribution >= 0.6 is 0 Å². The zero-order chi connectivity index (χ0) is 20.2. The number of furan rings is 1. The van der Waals surface area contributed by atoms with Gasteiger partial charge in [0.1, 0.15) is 17.1 Å². The topological polar surface area (TPSA) is 73.1 Å². The van der Waals surface area contributed by atoms with Gasteiger partial charge < -0.3 is 13.9 Å². The summed E-state index contributed by atoms with van der Waals surface area (Å²) in [5, 5.41) is 6.94. The Kier molecular flexibility index (Phi) is 5.16. The van der Waals surface area contributed by atoms with Gasteiger partial charge in [-0.05, 0) is 48.0 Å². The molecular weight excluding hydrogens is 368 g/mol. The molecule has 29 heavy (non-hydrogen) atoms. The molecule has 0 bridgehead atoms. The first-order valence-electron chi connectivity index (χ1n) is 9.25. The van der Waals surface area contributed by atoms with Crippen molar-refractivity contribution in [1.82, 2.24) is 5.43 Å². The van der Waals surface area contributed by atoms with Crippen LogP contribution in [0.25, 0.3) is 21.7 Å². The molecule has 1 aromatic heterocycles. The summed E-state index contributed by atoms with van der Waals surface area (Å²) in [5.41, 5.74) is 3.91. The summed E-state index contributed by atoms with van der Waals surface area (Å²) in [6.45, 7) is 2.49. The van der Waals surface area contributed by atoms with E-state index in [1.54, 1.807) is 25.5 Å². The van der Waals surface area contributed by atoms with E-state index in [2.05, 4.69) is 10.5 Å². The van der Waals surface area contributed by atoms with E-state index in [4.69, 9.17) is 13.9 Å². The molecule has 4 rings (SSSR count). The summed E-state index contributed by atoms with van der Waals surface area (Å²) in [4.78, 5) is 12.5. The van der Waals surface area contributed by atoms with Crippen LogP contribution in [-0.4, -0.2) is 25.8 Å². The van der Waals surface area contributed by atoms with E-state index in [9.17, 15) is 4.79 Å². The predicted octanol–water partition coefficient (Wildman–Crippen LogP) is 4.76. The highest BCUT2D eigenvalue weighted by atomic mass is 16.5. The summed E-state index contributed by atoms with van der Waals surface area (Å²) < 4.78 is 16.5. The molecule has 0 atom stereocenters. The van der Waals surface area contributed by atoms with Crippen LogP contribution in [0.3, 0.4) is 0 Å². The molecule has 146 valence electrons. The van der Waals surface area contributed by atoms with E-state index >= 15 is 0 Å². The Bertz CT molecular complexity index is 1210. The number of ether oxygens (including phenoxy) is 2. The van der Waals surface area contributed by atoms with Gasteiger partial charge in [-0.3, -0.25) is 4.79 Å². The van der Waals surface area contributed by atoms with Crippen LogP contribution in [0.2, 0.25) is 0 Å². The number of hydrogen-bond acceptors (Lipinski definition) is 5. The van der Waals surface area contributed by atoms with E-state index in [0.717, 1.165) is 27.5 Å². The number of benzene rings is 3. The highest BCUT2D eigenvalue weighted by Crippen LogP contribution is 2.27. The van der Waals surface area contributed by atoms with Gasteiger partial charge in [-0.15, -0.1) is 0 Å². The number of methoxy groups -OCH3 is 1. The molecule has 3 aromatic carbocycles. The first kappa shape index (κ1) is 18.6. The lowest BCUT2D eigenvalue weighted by Crippen LogP contribution is -2.16. The molecule has 1 amide bonds. The third-order valence-corrected chi connectivity index (χ3v) is 4.53. The van der Waals surface area contributed by atoms with Crippen molar-refractivity contribution < 1.29 is 18.7 Å². The largest absolute Gasteiger partial charge is 0.496 e. The van der Waals surface area contributed by atoms with Crippen molar-refractivity contribution in [2.24, 2.45) is 5.10 Å². The maximum absolute atomic E-state index is 12.5. The molecule has 1 heterocycles. The van der Waals surface area contributed by atoms with Gasteiger partial charge in [0.25, 0.3) is 0 Å². The van der Waals surface area contributed by atoms with Crippen molar-refractivity contribution in [3.8, 4) is 11.5 Å². The zero-order valence-electron chi connectivity index (χ0n) is 16.1. The predicted molar refractivity (Wildman–Crippen MR) is 113 cm³/mol. The fraction of sp³-hybridized carbons (Fsp3) is 0.130. The third-order valence-electron chi connectivity index (χ3n) is 4.53. The Morgan fingerprint density at radius 1 is 1.10 bits per heavy atom. The first-order valence-corrected chi connectivity index (χ1v) is 9.25. The molecule has 0 saturated heterocycles. The second kappa shape index (κ2) is 8.06. The highest BCUT2D eigenvalue weighted by molar-refractivity contribution is 6.03. The number of fused-ring (bicyclic) bond motifs is 2. The molecule has 6 nitrogen and oxygen atoms in total. The Hall–Kier alpha value is -3.80. The van der Waals surface area contributed by atoms with E-state index in [0.29, 0.717) is 17.9 Å². The maximum atomic E-state index is 12.5. The number of hydrazone groups is 1. The molecule has 0 aliphatic carbocycles. The third kappa shape index (κ3) is 3.78. The molecular formula is C23H20N2O4. The molecule has 0 radical (unpaired) electrons. The highest BCUT2D eigenvalue weighted by Gasteiger charge is 2.13. The SMILES string of the molecule is CCOc1ccc2oc(C(=O)N/N=C\c3c(OC)ccc4ccccc34)cc2c1. The van der Waals surface area contributed by atoms with Crippen molar-refractivity contribution >= 4 is 33.9 Å². The van der Waals surface area contributed by atoms with Gasteiger partial charge in [-0.2, -0.15) is 5.10 Å². The van der Waals surface area contributed by atoms with Gasteiger partial charge in [0.05, 0.1) is 19.9 Å². The Labute approximate surface area is 167 Å². The monoisotopic (exact) mass is 388 g/mol. The molecule has 6 heteroatoms. The first-order chi connectivity index (χ1) is 14.2. The average Bonchev–Trinajstić information content (AvgIpc) is 3.17. The summed E-state index contributed by atoms with van der Waals surface area (Å²) in [5.74, 6) is 1.15.